The van der Waals surface area contributed by atoms with Crippen molar-refractivity contribution in [3.63, 3.8) is 0 Å². The van der Waals surface area contributed by atoms with Crippen LogP contribution in [0.5, 0.6) is 0 Å². The number of benzene rings is 1. The summed E-state index contributed by atoms with van der Waals surface area (Å²) < 4.78 is 17.7. The Morgan fingerprint density at radius 2 is 2.07 bits per heavy atom. The number of rotatable bonds is 3. The molecular formula is C11H12ClFO2. The quantitative estimate of drug-likeness (QED) is 0.589. The molecule has 2 nitrogen and oxygen atoms in total. The first kappa shape index (κ1) is 12.0. The van der Waals surface area contributed by atoms with Gasteiger partial charge in [0.15, 0.2) is 0 Å². The molecular weight excluding hydrogens is 219 g/mol. The number of carbonyl (C=O) groups is 1. The summed E-state index contributed by atoms with van der Waals surface area (Å²) in [4.78, 5) is 11.1. The van der Waals surface area contributed by atoms with Crippen molar-refractivity contribution in [1.82, 2.24) is 0 Å². The highest BCUT2D eigenvalue weighted by Gasteiger charge is 2.10. The van der Waals surface area contributed by atoms with Crippen LogP contribution < -0.4 is 0 Å². The number of halogens is 2. The predicted octanol–water partition coefficient (Wildman–Crippen LogP) is 2.59. The Balaban J connectivity index is 3.06. The van der Waals surface area contributed by atoms with Crippen molar-refractivity contribution in [2.45, 2.75) is 19.2 Å². The number of carbonyl (C=O) groups excluding carboxylic acids is 1. The zero-order chi connectivity index (χ0) is 11.4. The van der Waals surface area contributed by atoms with Gasteiger partial charge in [-0.2, -0.15) is 0 Å². The molecule has 0 atom stereocenters. The first-order chi connectivity index (χ1) is 7.08. The van der Waals surface area contributed by atoms with Gasteiger partial charge in [0.2, 0.25) is 0 Å². The number of ether oxygens (including phenoxy) is 1. The lowest BCUT2D eigenvalue weighted by atomic mass is 10.0. The van der Waals surface area contributed by atoms with E-state index in [2.05, 4.69) is 4.74 Å². The molecule has 0 radical (unpaired) electrons. The Hall–Kier alpha value is -1.09. The zero-order valence-electron chi connectivity index (χ0n) is 8.64. The number of hydrogen-bond donors (Lipinski definition) is 0. The standard InChI is InChI=1S/C11H12ClFO2/c1-7-8(5-11(14)15-2)3-10(13)4-9(7)6-12/h3-4H,5-6H2,1-2H3. The minimum atomic E-state index is -0.385. The van der Waals surface area contributed by atoms with Crippen LogP contribution in [0.3, 0.4) is 0 Å². The SMILES string of the molecule is COC(=O)Cc1cc(F)cc(CCl)c1C. The summed E-state index contributed by atoms with van der Waals surface area (Å²) in [7, 11) is 1.30. The van der Waals surface area contributed by atoms with Crippen molar-refractivity contribution in [3.05, 3.63) is 34.6 Å². The van der Waals surface area contributed by atoms with Crippen LogP contribution in [0.15, 0.2) is 12.1 Å². The second-order valence-corrected chi connectivity index (χ2v) is 3.50. The molecule has 82 valence electrons. The predicted molar refractivity (Wildman–Crippen MR) is 56.4 cm³/mol. The Morgan fingerprint density at radius 3 is 2.60 bits per heavy atom. The molecule has 0 fully saturated rings. The normalized spacial score (nSPS) is 10.1. The Bertz CT molecular complexity index is 377. The molecule has 0 saturated carbocycles. The van der Waals surface area contributed by atoms with Gasteiger partial charge < -0.3 is 4.74 Å². The fourth-order valence-corrected chi connectivity index (χ4v) is 1.62. The van der Waals surface area contributed by atoms with Crippen molar-refractivity contribution in [2.75, 3.05) is 7.11 Å². The average Bonchev–Trinajstić information content (AvgIpc) is 2.22. The second-order valence-electron chi connectivity index (χ2n) is 3.24. The molecule has 4 heteroatoms. The maximum absolute atomic E-state index is 13.1. The summed E-state index contributed by atoms with van der Waals surface area (Å²) in [5.74, 6) is -0.531. The van der Waals surface area contributed by atoms with Crippen LogP contribution in [0.25, 0.3) is 0 Å². The maximum atomic E-state index is 13.1. The van der Waals surface area contributed by atoms with Gasteiger partial charge in [0.1, 0.15) is 5.82 Å². The fourth-order valence-electron chi connectivity index (χ4n) is 1.35. The van der Waals surface area contributed by atoms with Crippen LogP contribution in [-0.4, -0.2) is 13.1 Å². The van der Waals surface area contributed by atoms with Crippen molar-refractivity contribution in [2.24, 2.45) is 0 Å². The number of methoxy groups -OCH3 is 1. The fraction of sp³-hybridized carbons (Fsp3) is 0.364. The van der Waals surface area contributed by atoms with E-state index >= 15 is 0 Å². The molecule has 0 unspecified atom stereocenters. The molecule has 1 aromatic carbocycles. The van der Waals surface area contributed by atoms with Gasteiger partial charge in [0.25, 0.3) is 0 Å². The monoisotopic (exact) mass is 230 g/mol. The highest BCUT2D eigenvalue weighted by Crippen LogP contribution is 2.19. The number of hydrogen-bond acceptors (Lipinski definition) is 2. The van der Waals surface area contributed by atoms with Crippen LogP contribution in [0.4, 0.5) is 4.39 Å². The van der Waals surface area contributed by atoms with Gasteiger partial charge >= 0.3 is 5.97 Å². The molecule has 15 heavy (non-hydrogen) atoms. The van der Waals surface area contributed by atoms with E-state index in [1.54, 1.807) is 0 Å². The summed E-state index contributed by atoms with van der Waals surface area (Å²) >= 11 is 5.66. The van der Waals surface area contributed by atoms with E-state index < -0.39 is 0 Å². The Morgan fingerprint density at radius 1 is 1.47 bits per heavy atom. The highest BCUT2D eigenvalue weighted by atomic mass is 35.5. The average molecular weight is 231 g/mol. The van der Waals surface area contributed by atoms with E-state index in [0.29, 0.717) is 11.1 Å². The van der Waals surface area contributed by atoms with Gasteiger partial charge in [0.05, 0.1) is 13.5 Å². The topological polar surface area (TPSA) is 26.3 Å². The molecule has 1 aromatic rings. The van der Waals surface area contributed by atoms with Crippen molar-refractivity contribution in [1.29, 1.82) is 0 Å². The first-order valence-corrected chi connectivity index (χ1v) is 5.02. The smallest absolute Gasteiger partial charge is 0.309 e. The molecule has 1 rings (SSSR count). The van der Waals surface area contributed by atoms with Crippen molar-refractivity contribution < 1.29 is 13.9 Å². The number of alkyl halides is 1. The van der Waals surface area contributed by atoms with Crippen LogP contribution >= 0.6 is 11.6 Å². The molecule has 0 aliphatic carbocycles. The summed E-state index contributed by atoms with van der Waals surface area (Å²) in [5.41, 5.74) is 2.17. The second kappa shape index (κ2) is 5.12. The van der Waals surface area contributed by atoms with Crippen LogP contribution in [0.1, 0.15) is 16.7 Å². The minimum Gasteiger partial charge on any atom is -0.469 e. The van der Waals surface area contributed by atoms with E-state index in [9.17, 15) is 9.18 Å². The summed E-state index contributed by atoms with van der Waals surface area (Å²) in [6.07, 6.45) is 0.0734. The molecule has 0 aliphatic heterocycles. The lowest BCUT2D eigenvalue weighted by Crippen LogP contribution is -2.07. The van der Waals surface area contributed by atoms with E-state index in [1.165, 1.54) is 19.2 Å². The lowest BCUT2D eigenvalue weighted by Gasteiger charge is -2.09. The van der Waals surface area contributed by atoms with Crippen LogP contribution in [0, 0.1) is 12.7 Å². The summed E-state index contributed by atoms with van der Waals surface area (Å²) in [6, 6.07) is 2.71. The Labute approximate surface area is 93.0 Å². The van der Waals surface area contributed by atoms with Gasteiger partial charge in [0, 0.05) is 5.88 Å². The third-order valence-electron chi connectivity index (χ3n) is 2.29. The lowest BCUT2D eigenvalue weighted by molar-refractivity contribution is -0.139. The van der Waals surface area contributed by atoms with E-state index in [4.69, 9.17) is 11.6 Å². The zero-order valence-corrected chi connectivity index (χ0v) is 9.40. The molecule has 0 bridgehead atoms. The minimum absolute atomic E-state index is 0.0734. The molecule has 0 N–H and O–H groups in total. The summed E-state index contributed by atoms with van der Waals surface area (Å²) in [5, 5.41) is 0. The third kappa shape index (κ3) is 2.93. The van der Waals surface area contributed by atoms with Gasteiger partial charge in [-0.1, -0.05) is 0 Å². The van der Waals surface area contributed by atoms with Gasteiger partial charge in [-0.05, 0) is 35.7 Å². The molecule has 0 amide bonds. The molecule has 0 aliphatic rings. The Kier molecular flexibility index (Phi) is 4.09. The van der Waals surface area contributed by atoms with Gasteiger partial charge in [-0.3, -0.25) is 4.79 Å². The molecule has 0 aromatic heterocycles. The highest BCUT2D eigenvalue weighted by molar-refractivity contribution is 6.17. The largest absolute Gasteiger partial charge is 0.469 e. The van der Waals surface area contributed by atoms with E-state index in [0.717, 1.165) is 5.56 Å². The molecule has 0 saturated heterocycles. The van der Waals surface area contributed by atoms with E-state index in [-0.39, 0.29) is 24.1 Å². The molecule has 0 heterocycles. The van der Waals surface area contributed by atoms with Gasteiger partial charge in [-0.15, -0.1) is 11.6 Å². The number of esters is 1. The molecule has 0 spiro atoms. The third-order valence-corrected chi connectivity index (χ3v) is 2.58. The van der Waals surface area contributed by atoms with Crippen LogP contribution in [0.2, 0.25) is 0 Å². The first-order valence-electron chi connectivity index (χ1n) is 4.49. The maximum Gasteiger partial charge on any atom is 0.309 e. The van der Waals surface area contributed by atoms with Crippen molar-refractivity contribution >= 4 is 17.6 Å². The van der Waals surface area contributed by atoms with E-state index in [1.807, 2.05) is 6.92 Å². The van der Waals surface area contributed by atoms with Gasteiger partial charge in [-0.25, -0.2) is 4.39 Å². The summed E-state index contributed by atoms with van der Waals surface area (Å²) in [6.45, 7) is 1.81. The van der Waals surface area contributed by atoms with Crippen molar-refractivity contribution in [3.8, 4) is 0 Å². The van der Waals surface area contributed by atoms with Crippen LogP contribution in [-0.2, 0) is 21.8 Å².